The minimum atomic E-state index is -0.412. The molecule has 1 heterocycles. The van der Waals surface area contributed by atoms with Gasteiger partial charge in [0.2, 0.25) is 5.91 Å². The van der Waals surface area contributed by atoms with E-state index in [1.165, 1.54) is 11.6 Å². The van der Waals surface area contributed by atoms with Gasteiger partial charge in [0.25, 0.3) is 5.69 Å². The SMILES string of the molecule is CCc1cccc2c([C@@H](CC(=O)NCC(C)C)c3ccccc3[N+](=O)[O-])c[nH]c12. The van der Waals surface area contributed by atoms with Crippen molar-refractivity contribution in [1.29, 1.82) is 0 Å². The van der Waals surface area contributed by atoms with Crippen LogP contribution in [0, 0.1) is 16.0 Å². The number of aromatic amines is 1. The van der Waals surface area contributed by atoms with Crippen LogP contribution in [0.4, 0.5) is 5.69 Å². The van der Waals surface area contributed by atoms with Crippen molar-refractivity contribution < 1.29 is 9.72 Å². The quantitative estimate of drug-likeness (QED) is 0.420. The Morgan fingerprint density at radius 1 is 1.14 bits per heavy atom. The number of carbonyl (C=O) groups excluding carboxylic acids is 1. The lowest BCUT2D eigenvalue weighted by Gasteiger charge is -2.18. The molecule has 152 valence electrons. The molecule has 6 nitrogen and oxygen atoms in total. The molecule has 0 aliphatic rings. The molecule has 0 fully saturated rings. The molecular weight excluding hydrogens is 366 g/mol. The number of nitro groups is 1. The average Bonchev–Trinajstić information content (AvgIpc) is 3.14. The van der Waals surface area contributed by atoms with E-state index < -0.39 is 5.92 Å². The lowest BCUT2D eigenvalue weighted by Crippen LogP contribution is -2.28. The Kier molecular flexibility index (Phi) is 6.32. The fourth-order valence-corrected chi connectivity index (χ4v) is 3.73. The number of para-hydroxylation sites is 2. The van der Waals surface area contributed by atoms with Crippen LogP contribution in [0.5, 0.6) is 0 Å². The number of fused-ring (bicyclic) bond motifs is 1. The number of aromatic nitrogens is 1. The van der Waals surface area contributed by atoms with Crippen LogP contribution in [-0.2, 0) is 11.2 Å². The van der Waals surface area contributed by atoms with Crippen LogP contribution in [0.1, 0.15) is 49.8 Å². The number of nitrogens with zero attached hydrogens (tertiary/aromatic N) is 1. The molecule has 0 aliphatic carbocycles. The van der Waals surface area contributed by atoms with Gasteiger partial charge in [-0.1, -0.05) is 57.2 Å². The van der Waals surface area contributed by atoms with Gasteiger partial charge in [-0.15, -0.1) is 0 Å². The molecule has 0 unspecified atom stereocenters. The highest BCUT2D eigenvalue weighted by Crippen LogP contribution is 2.38. The second kappa shape index (κ2) is 8.90. The average molecular weight is 393 g/mol. The highest BCUT2D eigenvalue weighted by Gasteiger charge is 2.27. The molecule has 2 N–H and O–H groups in total. The number of rotatable bonds is 8. The normalized spacial score (nSPS) is 12.3. The molecule has 0 bridgehead atoms. The molecule has 0 aliphatic heterocycles. The largest absolute Gasteiger partial charge is 0.361 e. The maximum atomic E-state index is 12.7. The van der Waals surface area contributed by atoms with Crippen LogP contribution in [0.15, 0.2) is 48.7 Å². The second-order valence-electron chi connectivity index (χ2n) is 7.71. The van der Waals surface area contributed by atoms with Crippen molar-refractivity contribution in [3.63, 3.8) is 0 Å². The molecule has 3 aromatic rings. The number of hydrogen-bond donors (Lipinski definition) is 2. The molecular formula is C23H27N3O3. The minimum Gasteiger partial charge on any atom is -0.361 e. The van der Waals surface area contributed by atoms with Crippen molar-refractivity contribution in [2.45, 2.75) is 39.5 Å². The van der Waals surface area contributed by atoms with E-state index in [0.29, 0.717) is 18.0 Å². The number of H-pyrrole nitrogens is 1. The van der Waals surface area contributed by atoms with Crippen molar-refractivity contribution in [2.24, 2.45) is 5.92 Å². The van der Waals surface area contributed by atoms with Gasteiger partial charge in [-0.05, 0) is 23.5 Å². The first-order valence-electron chi connectivity index (χ1n) is 10.0. The maximum absolute atomic E-state index is 12.7. The van der Waals surface area contributed by atoms with Gasteiger partial charge in [0.05, 0.1) is 4.92 Å². The Morgan fingerprint density at radius 2 is 1.90 bits per heavy atom. The number of benzene rings is 2. The third-order valence-corrected chi connectivity index (χ3v) is 5.20. The molecule has 3 rings (SSSR count). The third-order valence-electron chi connectivity index (χ3n) is 5.20. The summed E-state index contributed by atoms with van der Waals surface area (Å²) in [6.07, 6.45) is 2.92. The van der Waals surface area contributed by atoms with E-state index in [1.807, 2.05) is 32.2 Å². The second-order valence-corrected chi connectivity index (χ2v) is 7.71. The summed E-state index contributed by atoms with van der Waals surface area (Å²) in [5, 5.41) is 15.6. The molecule has 1 aromatic heterocycles. The first-order valence-corrected chi connectivity index (χ1v) is 10.0. The lowest BCUT2D eigenvalue weighted by atomic mass is 9.86. The molecule has 0 saturated carbocycles. The number of carbonyl (C=O) groups is 1. The van der Waals surface area contributed by atoms with Crippen molar-refractivity contribution in [3.8, 4) is 0 Å². The van der Waals surface area contributed by atoms with Crippen molar-refractivity contribution >= 4 is 22.5 Å². The minimum absolute atomic E-state index is 0.0372. The summed E-state index contributed by atoms with van der Waals surface area (Å²) >= 11 is 0. The summed E-state index contributed by atoms with van der Waals surface area (Å²) in [5.74, 6) is -0.184. The van der Waals surface area contributed by atoms with Gasteiger partial charge in [-0.3, -0.25) is 14.9 Å². The summed E-state index contributed by atoms with van der Waals surface area (Å²) in [6.45, 7) is 6.74. The topological polar surface area (TPSA) is 88.0 Å². The smallest absolute Gasteiger partial charge is 0.273 e. The van der Waals surface area contributed by atoms with Crippen molar-refractivity contribution in [2.75, 3.05) is 6.54 Å². The summed E-state index contributed by atoms with van der Waals surface area (Å²) in [6, 6.07) is 12.8. The number of aryl methyl sites for hydroxylation is 1. The monoisotopic (exact) mass is 393 g/mol. The zero-order valence-electron chi connectivity index (χ0n) is 17.1. The van der Waals surface area contributed by atoms with Gasteiger partial charge < -0.3 is 10.3 Å². The van der Waals surface area contributed by atoms with Crippen LogP contribution in [0.2, 0.25) is 0 Å². The molecule has 0 spiro atoms. The predicted molar refractivity (Wildman–Crippen MR) is 115 cm³/mol. The Morgan fingerprint density at radius 3 is 2.59 bits per heavy atom. The summed E-state index contributed by atoms with van der Waals surface area (Å²) in [4.78, 5) is 27.3. The maximum Gasteiger partial charge on any atom is 0.273 e. The molecule has 1 atom stereocenters. The highest BCUT2D eigenvalue weighted by atomic mass is 16.6. The zero-order valence-corrected chi connectivity index (χ0v) is 17.1. The van der Waals surface area contributed by atoms with E-state index in [0.717, 1.165) is 22.9 Å². The molecule has 29 heavy (non-hydrogen) atoms. The Labute approximate surface area is 170 Å². The molecule has 1 amide bonds. The molecule has 0 saturated heterocycles. The first kappa shape index (κ1) is 20.6. The zero-order chi connectivity index (χ0) is 21.0. The van der Waals surface area contributed by atoms with Gasteiger partial charge in [0.15, 0.2) is 0 Å². The number of amides is 1. The van der Waals surface area contributed by atoms with Gasteiger partial charge in [-0.2, -0.15) is 0 Å². The van der Waals surface area contributed by atoms with Gasteiger partial charge in [-0.25, -0.2) is 0 Å². The van der Waals surface area contributed by atoms with E-state index in [4.69, 9.17) is 0 Å². The van der Waals surface area contributed by atoms with E-state index in [1.54, 1.807) is 18.2 Å². The first-order chi connectivity index (χ1) is 13.9. The van der Waals surface area contributed by atoms with Crippen molar-refractivity contribution in [1.82, 2.24) is 10.3 Å². The Balaban J connectivity index is 2.09. The van der Waals surface area contributed by atoms with Crippen LogP contribution in [-0.4, -0.2) is 22.4 Å². The Bertz CT molecular complexity index is 1020. The summed E-state index contributed by atoms with van der Waals surface area (Å²) in [7, 11) is 0. The predicted octanol–water partition coefficient (Wildman–Crippen LogP) is 4.93. The third kappa shape index (κ3) is 4.47. The molecule has 6 heteroatoms. The summed E-state index contributed by atoms with van der Waals surface area (Å²) < 4.78 is 0. The van der Waals surface area contributed by atoms with Gasteiger partial charge >= 0.3 is 0 Å². The van der Waals surface area contributed by atoms with Crippen LogP contribution < -0.4 is 5.32 Å². The van der Waals surface area contributed by atoms with E-state index in [9.17, 15) is 14.9 Å². The molecule has 0 radical (unpaired) electrons. The fourth-order valence-electron chi connectivity index (χ4n) is 3.73. The lowest BCUT2D eigenvalue weighted by molar-refractivity contribution is -0.385. The fraction of sp³-hybridized carbons (Fsp3) is 0.348. The van der Waals surface area contributed by atoms with Crippen LogP contribution >= 0.6 is 0 Å². The standard InChI is InChI=1S/C23H27N3O3/c1-4-16-8-7-10-18-20(14-25-23(16)18)19(12-22(27)24-13-15(2)3)17-9-5-6-11-21(17)26(28)29/h5-11,14-15,19,25H,4,12-13H2,1-3H3,(H,24,27)/t19-/m0/s1. The van der Waals surface area contributed by atoms with Crippen LogP contribution in [0.25, 0.3) is 10.9 Å². The van der Waals surface area contributed by atoms with E-state index in [2.05, 4.69) is 23.3 Å². The molecule has 2 aromatic carbocycles. The van der Waals surface area contributed by atoms with E-state index >= 15 is 0 Å². The Hall–Kier alpha value is -3.15. The van der Waals surface area contributed by atoms with Crippen molar-refractivity contribution in [3.05, 3.63) is 75.5 Å². The van der Waals surface area contributed by atoms with E-state index in [-0.39, 0.29) is 22.9 Å². The van der Waals surface area contributed by atoms with Gasteiger partial charge in [0.1, 0.15) is 0 Å². The highest BCUT2D eigenvalue weighted by molar-refractivity contribution is 5.88. The van der Waals surface area contributed by atoms with Crippen LogP contribution in [0.3, 0.4) is 0 Å². The number of hydrogen-bond acceptors (Lipinski definition) is 3. The number of nitrogens with one attached hydrogen (secondary N) is 2. The van der Waals surface area contributed by atoms with Gasteiger partial charge in [0, 0.05) is 47.6 Å². The number of nitro benzene ring substituents is 1. The summed E-state index contributed by atoms with van der Waals surface area (Å²) in [5.41, 5.74) is 3.70.